The first-order valence-electron chi connectivity index (χ1n) is 8.90. The molecule has 1 fully saturated rings. The van der Waals surface area contributed by atoms with Crippen molar-refractivity contribution in [1.29, 1.82) is 0 Å². The molecule has 1 aromatic rings. The Morgan fingerprint density at radius 1 is 1.22 bits per heavy atom. The molecule has 0 saturated carbocycles. The van der Waals surface area contributed by atoms with Crippen molar-refractivity contribution in [2.24, 2.45) is 11.7 Å². The molecule has 0 spiro atoms. The molecule has 152 valence electrons. The minimum absolute atomic E-state index is 0. The van der Waals surface area contributed by atoms with E-state index in [0.29, 0.717) is 57.2 Å². The maximum atomic E-state index is 13.0. The van der Waals surface area contributed by atoms with Crippen molar-refractivity contribution >= 4 is 28.3 Å². The van der Waals surface area contributed by atoms with Crippen LogP contribution in [0.3, 0.4) is 0 Å². The zero-order valence-corrected chi connectivity index (χ0v) is 16.7. The largest absolute Gasteiger partial charge is 0.490 e. The number of piperidine rings is 1. The first-order valence-corrected chi connectivity index (χ1v) is 10.3. The molecular weight excluding hydrogens is 394 g/mol. The van der Waals surface area contributed by atoms with E-state index in [1.165, 1.54) is 16.4 Å². The first-order chi connectivity index (χ1) is 12.5. The number of halogens is 1. The van der Waals surface area contributed by atoms with Gasteiger partial charge in [-0.25, -0.2) is 8.42 Å². The predicted octanol–water partition coefficient (Wildman–Crippen LogP) is 0.745. The number of fused-ring (bicyclic) bond motifs is 1. The van der Waals surface area contributed by atoms with E-state index in [-0.39, 0.29) is 35.7 Å². The van der Waals surface area contributed by atoms with E-state index >= 15 is 0 Å². The Balaban J connectivity index is 0.00000261. The summed E-state index contributed by atoms with van der Waals surface area (Å²) in [6.45, 7) is 2.36. The number of benzene rings is 1. The Morgan fingerprint density at radius 2 is 1.96 bits per heavy atom. The molecule has 0 aliphatic carbocycles. The fourth-order valence-corrected chi connectivity index (χ4v) is 4.71. The smallest absolute Gasteiger partial charge is 0.243 e. The van der Waals surface area contributed by atoms with Crippen LogP contribution in [0.15, 0.2) is 23.1 Å². The molecule has 1 atom stereocenters. The molecule has 1 amide bonds. The van der Waals surface area contributed by atoms with Gasteiger partial charge in [0.1, 0.15) is 0 Å². The van der Waals surface area contributed by atoms with Gasteiger partial charge in [0.05, 0.1) is 24.0 Å². The number of sulfonamides is 1. The highest BCUT2D eigenvalue weighted by Gasteiger charge is 2.33. The lowest BCUT2D eigenvalue weighted by Crippen LogP contribution is -2.46. The van der Waals surface area contributed by atoms with Crippen LogP contribution in [-0.4, -0.2) is 58.0 Å². The Morgan fingerprint density at radius 3 is 2.70 bits per heavy atom. The van der Waals surface area contributed by atoms with Crippen LogP contribution in [0.4, 0.5) is 0 Å². The average Bonchev–Trinajstić information content (AvgIpc) is 2.91. The summed E-state index contributed by atoms with van der Waals surface area (Å²) < 4.78 is 38.6. The predicted molar refractivity (Wildman–Crippen MR) is 103 cm³/mol. The number of nitrogens with two attached hydrogens (primary N) is 1. The van der Waals surface area contributed by atoms with Gasteiger partial charge in [0.15, 0.2) is 11.5 Å². The molecule has 0 radical (unpaired) electrons. The van der Waals surface area contributed by atoms with E-state index in [4.69, 9.17) is 15.2 Å². The normalized spacial score (nSPS) is 20.3. The summed E-state index contributed by atoms with van der Waals surface area (Å²) in [4.78, 5) is 12.3. The van der Waals surface area contributed by atoms with E-state index < -0.39 is 10.0 Å². The lowest BCUT2D eigenvalue weighted by molar-refractivity contribution is -0.126. The summed E-state index contributed by atoms with van der Waals surface area (Å²) in [7, 11) is -3.70. The molecule has 0 bridgehead atoms. The van der Waals surface area contributed by atoms with Gasteiger partial charge in [0, 0.05) is 38.7 Å². The summed E-state index contributed by atoms with van der Waals surface area (Å²) in [6, 6.07) is 4.66. The van der Waals surface area contributed by atoms with Gasteiger partial charge in [-0.05, 0) is 25.0 Å². The average molecular weight is 420 g/mol. The Hall–Kier alpha value is -1.55. The Bertz CT molecular complexity index is 759. The standard InChI is InChI=1S/C17H25N3O5S.ClH/c18-6-7-19-17(21)13-3-1-8-20(12-13)26(22,23)14-4-5-15-16(11-14)25-10-2-9-24-15;/h4-5,11,13H,1-3,6-10,12,18H2,(H,19,21);1H. The van der Waals surface area contributed by atoms with E-state index in [9.17, 15) is 13.2 Å². The van der Waals surface area contributed by atoms with Gasteiger partial charge in [-0.3, -0.25) is 4.79 Å². The van der Waals surface area contributed by atoms with Gasteiger partial charge >= 0.3 is 0 Å². The molecule has 3 N–H and O–H groups in total. The Labute approximate surface area is 165 Å². The van der Waals surface area contributed by atoms with Gasteiger partial charge in [0.2, 0.25) is 15.9 Å². The fraction of sp³-hybridized carbons (Fsp3) is 0.588. The number of carbonyl (C=O) groups is 1. The lowest BCUT2D eigenvalue weighted by Gasteiger charge is -2.31. The summed E-state index contributed by atoms with van der Waals surface area (Å²) in [5.74, 6) is 0.497. The Kier molecular flexibility index (Phi) is 7.72. The molecule has 0 aromatic heterocycles. The number of amides is 1. The highest BCUT2D eigenvalue weighted by molar-refractivity contribution is 7.89. The van der Waals surface area contributed by atoms with Gasteiger partial charge in [-0.1, -0.05) is 0 Å². The maximum Gasteiger partial charge on any atom is 0.243 e. The maximum absolute atomic E-state index is 13.0. The third kappa shape index (κ3) is 5.04. The quantitative estimate of drug-likeness (QED) is 0.728. The van der Waals surface area contributed by atoms with Crippen LogP contribution in [0.5, 0.6) is 11.5 Å². The number of ether oxygens (including phenoxy) is 2. The van der Waals surface area contributed by atoms with E-state index in [1.54, 1.807) is 6.07 Å². The summed E-state index contributed by atoms with van der Waals surface area (Å²) in [5, 5.41) is 2.74. The molecule has 10 heteroatoms. The summed E-state index contributed by atoms with van der Waals surface area (Å²) >= 11 is 0. The molecular formula is C17H26ClN3O5S. The van der Waals surface area contributed by atoms with Gasteiger partial charge in [0.25, 0.3) is 0 Å². The van der Waals surface area contributed by atoms with Crippen molar-refractivity contribution in [3.63, 3.8) is 0 Å². The third-order valence-corrected chi connectivity index (χ3v) is 6.42. The van der Waals surface area contributed by atoms with E-state index in [1.807, 2.05) is 0 Å². The number of rotatable bonds is 5. The van der Waals surface area contributed by atoms with Crippen LogP contribution >= 0.6 is 12.4 Å². The molecule has 27 heavy (non-hydrogen) atoms. The van der Waals surface area contributed by atoms with E-state index in [0.717, 1.165) is 6.42 Å². The van der Waals surface area contributed by atoms with E-state index in [2.05, 4.69) is 5.32 Å². The van der Waals surface area contributed by atoms with Crippen molar-refractivity contribution < 1.29 is 22.7 Å². The van der Waals surface area contributed by atoms with Crippen molar-refractivity contribution in [3.05, 3.63) is 18.2 Å². The fourth-order valence-electron chi connectivity index (χ4n) is 3.17. The topological polar surface area (TPSA) is 111 Å². The van der Waals surface area contributed by atoms with Gasteiger partial charge < -0.3 is 20.5 Å². The molecule has 3 rings (SSSR count). The third-order valence-electron chi connectivity index (χ3n) is 4.56. The summed E-state index contributed by atoms with van der Waals surface area (Å²) in [6.07, 6.45) is 2.07. The van der Waals surface area contributed by atoms with Crippen molar-refractivity contribution in [3.8, 4) is 11.5 Å². The van der Waals surface area contributed by atoms with Crippen molar-refractivity contribution in [2.75, 3.05) is 39.4 Å². The second-order valence-corrected chi connectivity index (χ2v) is 8.38. The van der Waals surface area contributed by atoms with Crippen LogP contribution in [0.2, 0.25) is 0 Å². The van der Waals surface area contributed by atoms with Crippen LogP contribution in [0, 0.1) is 5.92 Å². The van der Waals surface area contributed by atoms with Gasteiger partial charge in [-0.2, -0.15) is 4.31 Å². The summed E-state index contributed by atoms with van der Waals surface area (Å²) in [5.41, 5.74) is 5.40. The van der Waals surface area contributed by atoms with Gasteiger partial charge in [-0.15, -0.1) is 12.4 Å². The molecule has 1 aromatic carbocycles. The highest BCUT2D eigenvalue weighted by Crippen LogP contribution is 2.33. The second kappa shape index (κ2) is 9.59. The van der Waals surface area contributed by atoms with Crippen LogP contribution in [0.1, 0.15) is 19.3 Å². The SMILES string of the molecule is Cl.NCCNC(=O)C1CCCN(S(=O)(=O)c2ccc3c(c2)OCCCO3)C1. The molecule has 2 aliphatic rings. The monoisotopic (exact) mass is 419 g/mol. The minimum atomic E-state index is -3.70. The molecule has 1 unspecified atom stereocenters. The zero-order chi connectivity index (χ0) is 18.6. The van der Waals surface area contributed by atoms with Crippen LogP contribution < -0.4 is 20.5 Å². The molecule has 2 aliphatic heterocycles. The van der Waals surface area contributed by atoms with Crippen LogP contribution in [0.25, 0.3) is 0 Å². The number of nitrogens with one attached hydrogen (secondary N) is 1. The highest BCUT2D eigenvalue weighted by atomic mass is 35.5. The molecule has 2 heterocycles. The van der Waals surface area contributed by atoms with Crippen molar-refractivity contribution in [1.82, 2.24) is 9.62 Å². The molecule has 1 saturated heterocycles. The second-order valence-electron chi connectivity index (χ2n) is 6.44. The number of nitrogens with zero attached hydrogens (tertiary/aromatic N) is 1. The van der Waals surface area contributed by atoms with Crippen molar-refractivity contribution in [2.45, 2.75) is 24.2 Å². The minimum Gasteiger partial charge on any atom is -0.490 e. The zero-order valence-electron chi connectivity index (χ0n) is 15.1. The number of carbonyl (C=O) groups excluding carboxylic acids is 1. The lowest BCUT2D eigenvalue weighted by atomic mass is 9.99. The number of hydrogen-bond donors (Lipinski definition) is 2. The first kappa shape index (κ1) is 21.7. The molecule has 8 nitrogen and oxygen atoms in total. The number of hydrogen-bond acceptors (Lipinski definition) is 6. The van der Waals surface area contributed by atoms with Crippen LogP contribution in [-0.2, 0) is 14.8 Å².